The molecule has 0 spiro atoms. The summed E-state index contributed by atoms with van der Waals surface area (Å²) in [6, 6.07) is 13.9. The van der Waals surface area contributed by atoms with E-state index in [9.17, 15) is 9.59 Å². The first-order valence-electron chi connectivity index (χ1n) is 9.54. The molecule has 1 fully saturated rings. The van der Waals surface area contributed by atoms with Gasteiger partial charge in [0.25, 0.3) is 5.91 Å². The molecule has 0 bridgehead atoms. The molecular weight excluding hydrogens is 370 g/mol. The van der Waals surface area contributed by atoms with E-state index in [4.69, 9.17) is 9.15 Å². The van der Waals surface area contributed by atoms with Crippen LogP contribution in [0.1, 0.15) is 29.6 Å². The quantitative estimate of drug-likeness (QED) is 0.708. The molecule has 1 aromatic carbocycles. The van der Waals surface area contributed by atoms with Crippen molar-refractivity contribution in [1.82, 2.24) is 9.88 Å². The van der Waals surface area contributed by atoms with Gasteiger partial charge in [-0.2, -0.15) is 0 Å². The van der Waals surface area contributed by atoms with Crippen molar-refractivity contribution in [2.24, 2.45) is 0 Å². The lowest BCUT2D eigenvalue weighted by atomic mass is 10.0. The highest BCUT2D eigenvalue weighted by atomic mass is 16.5. The Morgan fingerprint density at radius 1 is 1.10 bits per heavy atom. The molecule has 148 valence electrons. The Hall–Kier alpha value is -3.61. The maximum Gasteiger partial charge on any atom is 0.257 e. The summed E-state index contributed by atoms with van der Waals surface area (Å²) >= 11 is 0. The molecule has 2 aromatic heterocycles. The number of carbonyl (C=O) groups is 2. The number of hydrogen-bond acceptors (Lipinski definition) is 5. The molecule has 3 heterocycles. The van der Waals surface area contributed by atoms with E-state index >= 15 is 0 Å². The Balaban J connectivity index is 1.41. The van der Waals surface area contributed by atoms with Crippen LogP contribution in [0.5, 0.6) is 11.6 Å². The smallest absolute Gasteiger partial charge is 0.257 e. The molecule has 1 aliphatic rings. The molecule has 1 saturated heterocycles. The van der Waals surface area contributed by atoms with Crippen LogP contribution in [0.3, 0.4) is 0 Å². The number of carbonyl (C=O) groups excluding carboxylic acids is 2. The SMILES string of the molecule is O=C(Nc1ccc(Oc2ccccc2)nc1)[C@@H]1CCCCN1C(=O)c1ccoc1. The molecule has 1 aliphatic heterocycles. The lowest BCUT2D eigenvalue weighted by Gasteiger charge is -2.34. The number of hydrogen-bond donors (Lipinski definition) is 1. The second-order valence-electron chi connectivity index (χ2n) is 6.81. The number of rotatable bonds is 5. The minimum atomic E-state index is -0.522. The summed E-state index contributed by atoms with van der Waals surface area (Å²) < 4.78 is 10.7. The van der Waals surface area contributed by atoms with E-state index in [-0.39, 0.29) is 11.8 Å². The molecule has 3 aromatic rings. The first-order chi connectivity index (χ1) is 14.2. The van der Waals surface area contributed by atoms with Crippen LogP contribution in [0.25, 0.3) is 0 Å². The molecule has 0 radical (unpaired) electrons. The molecular formula is C22H21N3O4. The fourth-order valence-corrected chi connectivity index (χ4v) is 3.35. The van der Waals surface area contributed by atoms with Crippen LogP contribution >= 0.6 is 0 Å². The van der Waals surface area contributed by atoms with Gasteiger partial charge >= 0.3 is 0 Å². The summed E-state index contributed by atoms with van der Waals surface area (Å²) in [5, 5.41) is 2.86. The molecule has 0 saturated carbocycles. The Labute approximate surface area is 168 Å². The predicted molar refractivity (Wildman–Crippen MR) is 107 cm³/mol. The van der Waals surface area contributed by atoms with Crippen molar-refractivity contribution in [3.05, 3.63) is 72.8 Å². The van der Waals surface area contributed by atoms with Crippen LogP contribution in [0.15, 0.2) is 71.7 Å². The lowest BCUT2D eigenvalue weighted by Crippen LogP contribution is -2.49. The number of benzene rings is 1. The van der Waals surface area contributed by atoms with E-state index < -0.39 is 6.04 Å². The van der Waals surface area contributed by atoms with Gasteiger partial charge in [-0.1, -0.05) is 18.2 Å². The zero-order chi connectivity index (χ0) is 20.1. The van der Waals surface area contributed by atoms with Gasteiger partial charge in [0.1, 0.15) is 18.1 Å². The van der Waals surface area contributed by atoms with Gasteiger partial charge in [0.05, 0.1) is 23.7 Å². The summed E-state index contributed by atoms with van der Waals surface area (Å²) in [7, 11) is 0. The van der Waals surface area contributed by atoms with Gasteiger partial charge in [-0.3, -0.25) is 9.59 Å². The van der Waals surface area contributed by atoms with Crippen LogP contribution in [0.2, 0.25) is 0 Å². The Morgan fingerprint density at radius 2 is 1.97 bits per heavy atom. The average Bonchev–Trinajstić information content (AvgIpc) is 3.30. The number of furan rings is 1. The number of aromatic nitrogens is 1. The Kier molecular flexibility index (Phi) is 5.56. The number of nitrogens with zero attached hydrogens (tertiary/aromatic N) is 2. The number of ether oxygens (including phenoxy) is 1. The first-order valence-corrected chi connectivity index (χ1v) is 9.54. The number of piperidine rings is 1. The normalized spacial score (nSPS) is 16.3. The van der Waals surface area contributed by atoms with Crippen molar-refractivity contribution in [3.63, 3.8) is 0 Å². The van der Waals surface area contributed by atoms with E-state index in [0.29, 0.717) is 35.8 Å². The number of likely N-dealkylation sites (tertiary alicyclic amines) is 1. The van der Waals surface area contributed by atoms with Gasteiger partial charge < -0.3 is 19.4 Å². The summed E-state index contributed by atoms with van der Waals surface area (Å²) in [5.41, 5.74) is 1.01. The monoisotopic (exact) mass is 391 g/mol. The predicted octanol–water partition coefficient (Wildman–Crippen LogP) is 4.10. The van der Waals surface area contributed by atoms with Crippen LogP contribution in [0.4, 0.5) is 5.69 Å². The molecule has 1 N–H and O–H groups in total. The molecule has 2 amide bonds. The topological polar surface area (TPSA) is 84.7 Å². The van der Waals surface area contributed by atoms with Crippen molar-refractivity contribution in [2.75, 3.05) is 11.9 Å². The highest BCUT2D eigenvalue weighted by molar-refractivity contribution is 6.01. The van der Waals surface area contributed by atoms with Gasteiger partial charge in [-0.25, -0.2) is 4.98 Å². The van der Waals surface area contributed by atoms with E-state index in [1.165, 1.54) is 12.5 Å². The van der Waals surface area contributed by atoms with E-state index in [2.05, 4.69) is 10.3 Å². The average molecular weight is 391 g/mol. The van der Waals surface area contributed by atoms with Crippen molar-refractivity contribution >= 4 is 17.5 Å². The Bertz CT molecular complexity index is 955. The van der Waals surface area contributed by atoms with E-state index in [0.717, 1.165) is 12.8 Å². The minimum absolute atomic E-state index is 0.191. The van der Waals surface area contributed by atoms with Gasteiger partial charge in [0.2, 0.25) is 11.8 Å². The van der Waals surface area contributed by atoms with Gasteiger partial charge in [0.15, 0.2) is 0 Å². The third-order valence-corrected chi connectivity index (χ3v) is 4.80. The molecule has 0 unspecified atom stereocenters. The van der Waals surface area contributed by atoms with Gasteiger partial charge in [-0.05, 0) is 43.5 Å². The number of nitrogens with one attached hydrogen (secondary N) is 1. The maximum absolute atomic E-state index is 12.8. The van der Waals surface area contributed by atoms with Gasteiger partial charge in [-0.15, -0.1) is 0 Å². The zero-order valence-electron chi connectivity index (χ0n) is 15.8. The van der Waals surface area contributed by atoms with E-state index in [1.54, 1.807) is 29.3 Å². The second kappa shape index (κ2) is 8.60. The molecule has 1 atom stereocenters. The summed E-state index contributed by atoms with van der Waals surface area (Å²) in [6.07, 6.45) is 6.80. The molecule has 0 aliphatic carbocycles. The minimum Gasteiger partial charge on any atom is -0.472 e. The second-order valence-corrected chi connectivity index (χ2v) is 6.81. The third-order valence-electron chi connectivity index (χ3n) is 4.80. The maximum atomic E-state index is 12.8. The van der Waals surface area contributed by atoms with Crippen molar-refractivity contribution in [3.8, 4) is 11.6 Å². The van der Waals surface area contributed by atoms with Crippen LogP contribution in [-0.2, 0) is 4.79 Å². The molecule has 7 nitrogen and oxygen atoms in total. The number of pyridine rings is 1. The van der Waals surface area contributed by atoms with Crippen molar-refractivity contribution in [1.29, 1.82) is 0 Å². The molecule has 29 heavy (non-hydrogen) atoms. The first kappa shape index (κ1) is 18.7. The summed E-state index contributed by atoms with van der Waals surface area (Å²) in [5.74, 6) is 0.708. The lowest BCUT2D eigenvalue weighted by molar-refractivity contribution is -0.121. The fraction of sp³-hybridized carbons (Fsp3) is 0.227. The third kappa shape index (κ3) is 4.45. The van der Waals surface area contributed by atoms with Gasteiger partial charge in [0, 0.05) is 12.6 Å². The van der Waals surface area contributed by atoms with E-state index in [1.807, 2.05) is 30.3 Å². The van der Waals surface area contributed by atoms with Crippen LogP contribution in [-0.4, -0.2) is 34.3 Å². The molecule has 7 heteroatoms. The highest BCUT2D eigenvalue weighted by Gasteiger charge is 2.33. The standard InChI is InChI=1S/C22H21N3O4/c26-21(19-8-4-5-12-25(19)22(27)16-11-13-28-15-16)24-17-9-10-20(23-14-17)29-18-6-2-1-3-7-18/h1-3,6-7,9-11,13-15,19H,4-5,8,12H2,(H,24,26)/t19-/m0/s1. The van der Waals surface area contributed by atoms with Crippen molar-refractivity contribution < 1.29 is 18.7 Å². The van der Waals surface area contributed by atoms with Crippen molar-refractivity contribution in [2.45, 2.75) is 25.3 Å². The number of anilines is 1. The Morgan fingerprint density at radius 3 is 2.69 bits per heavy atom. The number of amides is 2. The molecule has 4 rings (SSSR count). The van der Waals surface area contributed by atoms with Crippen LogP contribution in [0, 0.1) is 0 Å². The summed E-state index contributed by atoms with van der Waals surface area (Å²) in [4.78, 5) is 31.4. The summed E-state index contributed by atoms with van der Waals surface area (Å²) in [6.45, 7) is 0.546. The highest BCUT2D eigenvalue weighted by Crippen LogP contribution is 2.23. The fourth-order valence-electron chi connectivity index (χ4n) is 3.35. The largest absolute Gasteiger partial charge is 0.472 e. The van der Waals surface area contributed by atoms with Crippen LogP contribution < -0.4 is 10.1 Å². The zero-order valence-corrected chi connectivity index (χ0v) is 15.8. The number of para-hydroxylation sites is 1.